The summed E-state index contributed by atoms with van der Waals surface area (Å²) in [4.78, 5) is 4.36. The molecule has 0 unspecified atom stereocenters. The molecule has 0 fully saturated rings. The number of hydrogen-bond donors (Lipinski definition) is 1. The minimum absolute atomic E-state index is 0.310. The molecule has 0 saturated heterocycles. The summed E-state index contributed by atoms with van der Waals surface area (Å²) in [5.41, 5.74) is 9.17. The second-order valence-electron chi connectivity index (χ2n) is 4.47. The Labute approximate surface area is 123 Å². The van der Waals surface area contributed by atoms with Gasteiger partial charge in [-0.15, -0.1) is 0 Å². The first kappa shape index (κ1) is 13.1. The highest BCUT2D eigenvalue weighted by molar-refractivity contribution is 9.10. The number of benzene rings is 1. The van der Waals surface area contributed by atoms with Crippen LogP contribution in [0.5, 0.6) is 0 Å². The van der Waals surface area contributed by atoms with Crippen LogP contribution in [0.2, 0.25) is 0 Å². The quantitative estimate of drug-likeness (QED) is 0.781. The largest absolute Gasteiger partial charge is 0.369 e. The van der Waals surface area contributed by atoms with E-state index in [4.69, 9.17) is 5.73 Å². The summed E-state index contributed by atoms with van der Waals surface area (Å²) in [6, 6.07) is 4.46. The van der Waals surface area contributed by atoms with Crippen LogP contribution in [0.4, 0.5) is 10.3 Å². The summed E-state index contributed by atoms with van der Waals surface area (Å²) in [5.74, 6) is 0.0470. The molecule has 0 atom stereocenters. The molecule has 1 aromatic carbocycles. The van der Waals surface area contributed by atoms with Gasteiger partial charge >= 0.3 is 0 Å². The van der Waals surface area contributed by atoms with Crippen LogP contribution in [-0.2, 0) is 6.54 Å². The summed E-state index contributed by atoms with van der Waals surface area (Å²) in [5, 5.41) is 4.43. The lowest BCUT2D eigenvalue weighted by molar-refractivity contribution is 0.626. The second-order valence-corrected chi connectivity index (χ2v) is 5.33. The summed E-state index contributed by atoms with van der Waals surface area (Å²) in [6.07, 6.45) is 0. The van der Waals surface area contributed by atoms with Gasteiger partial charge in [0.2, 0.25) is 5.95 Å². The SMILES string of the molecule is CCn1nc(C)c2nc(N)n(-c3ccc(F)cc3Br)c21. The van der Waals surface area contributed by atoms with Gasteiger partial charge in [0.25, 0.3) is 0 Å². The Hall–Kier alpha value is -1.89. The molecule has 0 radical (unpaired) electrons. The molecule has 20 heavy (non-hydrogen) atoms. The van der Waals surface area contributed by atoms with E-state index < -0.39 is 0 Å². The standard InChI is InChI=1S/C13H13BrFN5/c1-3-19-12-11(7(2)18-19)17-13(16)20(12)10-5-4-8(15)6-9(10)14/h4-6H,3H2,1-2H3,(H2,16,17). The van der Waals surface area contributed by atoms with Crippen molar-refractivity contribution in [3.05, 3.63) is 34.2 Å². The van der Waals surface area contributed by atoms with Crippen LogP contribution in [0.1, 0.15) is 12.6 Å². The Kier molecular flexibility index (Phi) is 3.01. The average Bonchev–Trinajstić information content (AvgIpc) is 2.88. The van der Waals surface area contributed by atoms with E-state index in [0.29, 0.717) is 17.0 Å². The van der Waals surface area contributed by atoms with Crippen LogP contribution < -0.4 is 5.73 Å². The summed E-state index contributed by atoms with van der Waals surface area (Å²) in [6.45, 7) is 4.60. The number of anilines is 1. The molecule has 2 heterocycles. The lowest BCUT2D eigenvalue weighted by Gasteiger charge is -2.10. The molecule has 0 bridgehead atoms. The van der Waals surface area contributed by atoms with Crippen molar-refractivity contribution in [3.8, 4) is 5.69 Å². The first-order valence-corrected chi connectivity index (χ1v) is 6.99. The van der Waals surface area contributed by atoms with Crippen LogP contribution in [0, 0.1) is 12.7 Å². The first-order valence-electron chi connectivity index (χ1n) is 6.19. The zero-order valence-electron chi connectivity index (χ0n) is 11.1. The molecule has 104 valence electrons. The number of aromatic nitrogens is 4. The Morgan fingerprint density at radius 1 is 1.40 bits per heavy atom. The van der Waals surface area contributed by atoms with Gasteiger partial charge in [-0.25, -0.2) is 14.1 Å². The van der Waals surface area contributed by atoms with Gasteiger partial charge in [-0.05, 0) is 48.0 Å². The molecule has 0 aliphatic carbocycles. The van der Waals surface area contributed by atoms with Crippen molar-refractivity contribution in [2.24, 2.45) is 0 Å². The minimum Gasteiger partial charge on any atom is -0.369 e. The van der Waals surface area contributed by atoms with Crippen molar-refractivity contribution in [1.82, 2.24) is 19.3 Å². The second kappa shape index (κ2) is 4.59. The fourth-order valence-corrected chi connectivity index (χ4v) is 2.83. The monoisotopic (exact) mass is 337 g/mol. The molecule has 0 aliphatic heterocycles. The van der Waals surface area contributed by atoms with Gasteiger partial charge in [0.15, 0.2) is 5.65 Å². The summed E-state index contributed by atoms with van der Waals surface area (Å²) >= 11 is 3.37. The molecule has 0 amide bonds. The molecule has 3 rings (SSSR count). The van der Waals surface area contributed by atoms with E-state index in [2.05, 4.69) is 26.0 Å². The molecule has 7 heteroatoms. The van der Waals surface area contributed by atoms with Crippen molar-refractivity contribution in [2.45, 2.75) is 20.4 Å². The van der Waals surface area contributed by atoms with Crippen molar-refractivity contribution >= 4 is 33.0 Å². The number of nitrogen functional groups attached to an aromatic ring is 1. The maximum Gasteiger partial charge on any atom is 0.207 e. The van der Waals surface area contributed by atoms with Crippen LogP contribution in [0.3, 0.4) is 0 Å². The lowest BCUT2D eigenvalue weighted by atomic mass is 10.3. The summed E-state index contributed by atoms with van der Waals surface area (Å²) in [7, 11) is 0. The van der Waals surface area contributed by atoms with Gasteiger partial charge < -0.3 is 5.73 Å². The highest BCUT2D eigenvalue weighted by atomic mass is 79.9. The van der Waals surface area contributed by atoms with Crippen molar-refractivity contribution in [1.29, 1.82) is 0 Å². The van der Waals surface area contributed by atoms with Gasteiger partial charge in [0.1, 0.15) is 11.3 Å². The molecule has 2 aromatic heterocycles. The third-order valence-corrected chi connectivity index (χ3v) is 3.82. The van der Waals surface area contributed by atoms with Crippen molar-refractivity contribution in [2.75, 3.05) is 5.73 Å². The number of imidazole rings is 1. The molecule has 2 N–H and O–H groups in total. The Balaban J connectivity index is 2.38. The molecule has 0 spiro atoms. The van der Waals surface area contributed by atoms with E-state index in [0.717, 1.165) is 22.5 Å². The summed E-state index contributed by atoms with van der Waals surface area (Å²) < 4.78 is 17.5. The Bertz CT molecular complexity index is 805. The van der Waals surface area contributed by atoms with Gasteiger partial charge in [0, 0.05) is 11.0 Å². The van der Waals surface area contributed by atoms with E-state index in [1.54, 1.807) is 10.6 Å². The van der Waals surface area contributed by atoms with Gasteiger partial charge in [-0.2, -0.15) is 5.10 Å². The van der Waals surface area contributed by atoms with Crippen molar-refractivity contribution < 1.29 is 4.39 Å². The van der Waals surface area contributed by atoms with E-state index in [9.17, 15) is 4.39 Å². The fourth-order valence-electron chi connectivity index (χ4n) is 2.31. The number of aryl methyl sites for hydroxylation is 2. The molecule has 5 nitrogen and oxygen atoms in total. The van der Waals surface area contributed by atoms with Crippen LogP contribution in [-0.4, -0.2) is 19.3 Å². The molecule has 0 saturated carbocycles. The van der Waals surface area contributed by atoms with Crippen LogP contribution in [0.25, 0.3) is 16.9 Å². The van der Waals surface area contributed by atoms with Crippen molar-refractivity contribution in [3.63, 3.8) is 0 Å². The van der Waals surface area contributed by atoms with Crippen LogP contribution in [0.15, 0.2) is 22.7 Å². The third-order valence-electron chi connectivity index (χ3n) is 3.19. The predicted molar refractivity (Wildman–Crippen MR) is 79.3 cm³/mol. The highest BCUT2D eigenvalue weighted by Gasteiger charge is 2.19. The third kappa shape index (κ3) is 1.81. The zero-order valence-corrected chi connectivity index (χ0v) is 12.6. The minimum atomic E-state index is -0.310. The number of halogens is 2. The molecular weight excluding hydrogens is 325 g/mol. The number of rotatable bonds is 2. The first-order chi connectivity index (χ1) is 9.52. The topological polar surface area (TPSA) is 61.7 Å². The van der Waals surface area contributed by atoms with Gasteiger partial charge in [-0.3, -0.25) is 4.57 Å². The highest BCUT2D eigenvalue weighted by Crippen LogP contribution is 2.30. The smallest absolute Gasteiger partial charge is 0.207 e. The molecule has 0 aliphatic rings. The number of fused-ring (bicyclic) bond motifs is 1. The maximum atomic E-state index is 13.2. The van der Waals surface area contributed by atoms with E-state index in [-0.39, 0.29) is 5.82 Å². The fraction of sp³-hybridized carbons (Fsp3) is 0.231. The van der Waals surface area contributed by atoms with Gasteiger partial charge in [-0.1, -0.05) is 0 Å². The maximum absolute atomic E-state index is 13.2. The number of nitrogens with two attached hydrogens (primary N) is 1. The van der Waals surface area contributed by atoms with Crippen LogP contribution >= 0.6 is 15.9 Å². The van der Waals surface area contributed by atoms with E-state index in [1.807, 2.05) is 18.5 Å². The molecular formula is C13H13BrFN5. The number of nitrogens with zero attached hydrogens (tertiary/aromatic N) is 4. The Morgan fingerprint density at radius 3 is 2.80 bits per heavy atom. The normalized spacial score (nSPS) is 11.4. The lowest BCUT2D eigenvalue weighted by Crippen LogP contribution is -2.07. The average molecular weight is 338 g/mol. The number of hydrogen-bond acceptors (Lipinski definition) is 3. The van der Waals surface area contributed by atoms with E-state index >= 15 is 0 Å². The zero-order chi connectivity index (χ0) is 14.4. The van der Waals surface area contributed by atoms with E-state index in [1.165, 1.54) is 12.1 Å². The predicted octanol–water partition coefficient (Wildman–Crippen LogP) is 3.03. The molecule has 3 aromatic rings. The van der Waals surface area contributed by atoms with Gasteiger partial charge in [0.05, 0.1) is 11.4 Å². The Morgan fingerprint density at radius 2 is 2.15 bits per heavy atom.